The number of alkyl halides is 1. The molecule has 0 aromatic carbocycles. The van der Waals surface area contributed by atoms with Gasteiger partial charge in [0.15, 0.2) is 5.65 Å². The van der Waals surface area contributed by atoms with Gasteiger partial charge in [-0.05, 0) is 13.0 Å². The molecule has 3 aromatic heterocycles. The van der Waals surface area contributed by atoms with Gasteiger partial charge < -0.3 is 9.30 Å². The van der Waals surface area contributed by atoms with Crippen LogP contribution in [-0.2, 0) is 12.4 Å². The summed E-state index contributed by atoms with van der Waals surface area (Å²) in [7, 11) is 1.60. The molecule has 7 heteroatoms. The minimum absolute atomic E-state index is 0.336. The van der Waals surface area contributed by atoms with Crippen LogP contribution in [0.3, 0.4) is 0 Å². The summed E-state index contributed by atoms with van der Waals surface area (Å²) in [5, 5.41) is 1.01. The zero-order valence-electron chi connectivity index (χ0n) is 11.1. The second-order valence-corrected chi connectivity index (χ2v) is 5.90. The van der Waals surface area contributed by atoms with E-state index in [1.54, 1.807) is 24.5 Å². The van der Waals surface area contributed by atoms with Gasteiger partial charge in [0.05, 0.1) is 19.5 Å². The summed E-state index contributed by atoms with van der Waals surface area (Å²) in [4.78, 5) is 14.5. The fourth-order valence-corrected chi connectivity index (χ4v) is 3.00. The molecule has 3 rings (SSSR count). The topological polar surface area (TPSA) is 52.8 Å². The Labute approximate surface area is 125 Å². The maximum absolute atomic E-state index is 5.99. The average molecular weight is 309 g/mol. The van der Waals surface area contributed by atoms with Crippen molar-refractivity contribution in [2.75, 3.05) is 7.11 Å². The normalized spacial score (nSPS) is 11.2. The number of nitrogens with zero attached hydrogens (tertiary/aromatic N) is 4. The van der Waals surface area contributed by atoms with Gasteiger partial charge >= 0.3 is 0 Å². The summed E-state index contributed by atoms with van der Waals surface area (Å²) in [5.74, 6) is 1.69. The monoisotopic (exact) mass is 308 g/mol. The van der Waals surface area contributed by atoms with E-state index in [1.165, 1.54) is 4.88 Å². The number of halogens is 1. The molecule has 0 saturated carbocycles. The SMILES string of the molecule is COc1ccc2nc(CCl)n(Cc3ncc(C)s3)c2n1. The maximum atomic E-state index is 5.99. The van der Waals surface area contributed by atoms with Gasteiger partial charge in [0.2, 0.25) is 5.88 Å². The average Bonchev–Trinajstić information content (AvgIpc) is 3.03. The van der Waals surface area contributed by atoms with E-state index in [1.807, 2.05) is 23.8 Å². The number of hydrogen-bond acceptors (Lipinski definition) is 5. The molecule has 20 heavy (non-hydrogen) atoms. The summed E-state index contributed by atoms with van der Waals surface area (Å²) in [6.45, 7) is 2.66. The molecular formula is C13H13ClN4OS. The van der Waals surface area contributed by atoms with Crippen molar-refractivity contribution < 1.29 is 4.74 Å². The Kier molecular flexibility index (Phi) is 3.58. The smallest absolute Gasteiger partial charge is 0.215 e. The van der Waals surface area contributed by atoms with Gasteiger partial charge in [-0.3, -0.25) is 0 Å². The lowest BCUT2D eigenvalue weighted by atomic mass is 10.4. The lowest BCUT2D eigenvalue weighted by Crippen LogP contribution is -2.04. The number of methoxy groups -OCH3 is 1. The van der Waals surface area contributed by atoms with Crippen molar-refractivity contribution in [3.8, 4) is 5.88 Å². The Bertz CT molecular complexity index is 752. The number of rotatable bonds is 4. The fourth-order valence-electron chi connectivity index (χ4n) is 2.02. The van der Waals surface area contributed by atoms with Crippen molar-refractivity contribution in [1.29, 1.82) is 0 Å². The first-order chi connectivity index (χ1) is 9.71. The summed E-state index contributed by atoms with van der Waals surface area (Å²) in [5.41, 5.74) is 1.59. The highest BCUT2D eigenvalue weighted by molar-refractivity contribution is 7.11. The van der Waals surface area contributed by atoms with Crippen molar-refractivity contribution in [3.63, 3.8) is 0 Å². The quantitative estimate of drug-likeness (QED) is 0.695. The van der Waals surface area contributed by atoms with E-state index >= 15 is 0 Å². The number of fused-ring (bicyclic) bond motifs is 1. The van der Waals surface area contributed by atoms with Crippen molar-refractivity contribution in [3.05, 3.63) is 34.0 Å². The van der Waals surface area contributed by atoms with E-state index in [4.69, 9.17) is 16.3 Å². The van der Waals surface area contributed by atoms with Gasteiger partial charge in [0, 0.05) is 17.1 Å². The molecule has 0 radical (unpaired) electrons. The molecule has 0 amide bonds. The number of imidazole rings is 1. The molecule has 0 saturated heterocycles. The number of pyridine rings is 1. The van der Waals surface area contributed by atoms with Crippen LogP contribution in [0, 0.1) is 6.92 Å². The number of ether oxygens (including phenoxy) is 1. The third-order valence-electron chi connectivity index (χ3n) is 2.94. The Morgan fingerprint density at radius 1 is 1.35 bits per heavy atom. The largest absolute Gasteiger partial charge is 0.481 e. The molecule has 0 aliphatic rings. The van der Waals surface area contributed by atoms with Crippen LogP contribution in [0.15, 0.2) is 18.3 Å². The second kappa shape index (κ2) is 5.38. The van der Waals surface area contributed by atoms with Crippen LogP contribution in [0.2, 0.25) is 0 Å². The number of hydrogen-bond donors (Lipinski definition) is 0. The van der Waals surface area contributed by atoms with E-state index in [9.17, 15) is 0 Å². The first-order valence-electron chi connectivity index (χ1n) is 6.08. The second-order valence-electron chi connectivity index (χ2n) is 4.31. The fraction of sp³-hybridized carbons (Fsp3) is 0.308. The molecule has 0 fully saturated rings. The highest BCUT2D eigenvalue weighted by Gasteiger charge is 2.13. The zero-order chi connectivity index (χ0) is 14.1. The molecule has 3 aromatic rings. The molecule has 0 unspecified atom stereocenters. The van der Waals surface area contributed by atoms with E-state index in [0.29, 0.717) is 18.3 Å². The highest BCUT2D eigenvalue weighted by atomic mass is 35.5. The summed E-state index contributed by atoms with van der Waals surface area (Å²) in [6, 6.07) is 3.69. The number of aromatic nitrogens is 4. The lowest BCUT2D eigenvalue weighted by molar-refractivity contribution is 0.399. The van der Waals surface area contributed by atoms with Gasteiger partial charge in [0.1, 0.15) is 16.3 Å². The van der Waals surface area contributed by atoms with Gasteiger partial charge in [-0.1, -0.05) is 0 Å². The van der Waals surface area contributed by atoms with Crippen LogP contribution in [-0.4, -0.2) is 26.6 Å². The third-order valence-corrected chi connectivity index (χ3v) is 4.07. The van der Waals surface area contributed by atoms with Gasteiger partial charge in [-0.2, -0.15) is 4.98 Å². The van der Waals surface area contributed by atoms with Gasteiger partial charge in [-0.25, -0.2) is 9.97 Å². The molecule has 0 bridgehead atoms. The van der Waals surface area contributed by atoms with E-state index in [2.05, 4.69) is 15.0 Å². The standard InChI is InChI=1S/C13H13ClN4OS/c1-8-6-15-12(20-8)7-18-10(5-14)16-9-3-4-11(19-2)17-13(9)18/h3-4,6H,5,7H2,1-2H3. The molecular weight excluding hydrogens is 296 g/mol. The number of aryl methyl sites for hydroxylation is 1. The van der Waals surface area contributed by atoms with Crippen LogP contribution in [0.25, 0.3) is 11.2 Å². The van der Waals surface area contributed by atoms with E-state index in [-0.39, 0.29) is 0 Å². The molecule has 0 spiro atoms. The van der Waals surface area contributed by atoms with Crippen molar-refractivity contribution in [1.82, 2.24) is 19.5 Å². The Morgan fingerprint density at radius 2 is 2.20 bits per heavy atom. The van der Waals surface area contributed by atoms with Crippen LogP contribution in [0.5, 0.6) is 5.88 Å². The predicted octanol–water partition coefficient (Wildman–Crippen LogP) is 2.99. The molecule has 5 nitrogen and oxygen atoms in total. The van der Waals surface area contributed by atoms with Crippen LogP contribution in [0.1, 0.15) is 15.7 Å². The Balaban J connectivity index is 2.10. The van der Waals surface area contributed by atoms with E-state index < -0.39 is 0 Å². The molecule has 0 N–H and O–H groups in total. The first kappa shape index (κ1) is 13.3. The third kappa shape index (κ3) is 2.36. The van der Waals surface area contributed by atoms with Gasteiger partial charge in [0.25, 0.3) is 0 Å². The molecule has 104 valence electrons. The zero-order valence-corrected chi connectivity index (χ0v) is 12.7. The molecule has 0 atom stereocenters. The Morgan fingerprint density at radius 3 is 2.85 bits per heavy atom. The van der Waals surface area contributed by atoms with Crippen molar-refractivity contribution in [2.45, 2.75) is 19.3 Å². The first-order valence-corrected chi connectivity index (χ1v) is 7.44. The molecule has 0 aliphatic carbocycles. The predicted molar refractivity (Wildman–Crippen MR) is 79.6 cm³/mol. The van der Waals surface area contributed by atoms with Crippen molar-refractivity contribution in [2.24, 2.45) is 0 Å². The van der Waals surface area contributed by atoms with Crippen LogP contribution >= 0.6 is 22.9 Å². The minimum atomic E-state index is 0.336. The molecule has 0 aliphatic heterocycles. The highest BCUT2D eigenvalue weighted by Crippen LogP contribution is 2.22. The molecule has 3 heterocycles. The van der Waals surface area contributed by atoms with Gasteiger partial charge in [-0.15, -0.1) is 22.9 Å². The Hall–Kier alpha value is -1.66. The lowest BCUT2D eigenvalue weighted by Gasteiger charge is -2.05. The summed E-state index contributed by atoms with van der Waals surface area (Å²) < 4.78 is 7.17. The summed E-state index contributed by atoms with van der Waals surface area (Å²) in [6.07, 6.45) is 1.87. The van der Waals surface area contributed by atoms with Crippen molar-refractivity contribution >= 4 is 34.1 Å². The van der Waals surface area contributed by atoms with Crippen LogP contribution < -0.4 is 4.74 Å². The van der Waals surface area contributed by atoms with Crippen LogP contribution in [0.4, 0.5) is 0 Å². The van der Waals surface area contributed by atoms with E-state index in [0.717, 1.165) is 22.0 Å². The maximum Gasteiger partial charge on any atom is 0.215 e. The minimum Gasteiger partial charge on any atom is -0.481 e. The summed E-state index contributed by atoms with van der Waals surface area (Å²) >= 11 is 7.65. The number of thiazole rings is 1.